The van der Waals surface area contributed by atoms with Gasteiger partial charge in [0.2, 0.25) is 0 Å². The van der Waals surface area contributed by atoms with E-state index in [1.165, 1.54) is 39.9 Å². The topological polar surface area (TPSA) is 12.0 Å². The van der Waals surface area contributed by atoms with Crippen LogP contribution in [0, 0.1) is 24.7 Å². The van der Waals surface area contributed by atoms with Crippen LogP contribution in [0.25, 0.3) is 0 Å². The molecule has 0 radical (unpaired) electrons. The summed E-state index contributed by atoms with van der Waals surface area (Å²) in [5.41, 5.74) is 1.54. The average molecular weight is 314 g/mol. The Bertz CT molecular complexity index is 394. The Kier molecular flexibility index (Phi) is 3.35. The summed E-state index contributed by atoms with van der Waals surface area (Å²) in [6.45, 7) is 2.26. The molecule has 2 aliphatic carbocycles. The van der Waals surface area contributed by atoms with Gasteiger partial charge >= 0.3 is 0 Å². The molecule has 3 heteroatoms. The average Bonchev–Trinajstić information content (AvgIpc) is 3.17. The molecule has 2 aliphatic rings. The van der Waals surface area contributed by atoms with Crippen LogP contribution in [0.15, 0.2) is 9.85 Å². The number of halogens is 1. The third-order valence-corrected chi connectivity index (χ3v) is 5.86. The van der Waals surface area contributed by atoms with Crippen molar-refractivity contribution in [3.63, 3.8) is 0 Å². The standard InChI is InChI=1S/C14H20BrNS/c1-8-11(7-12(15)17-8)14(16-2)13(9-3-4-9)10-5-6-10/h7,9-10,13-14,16H,3-6H2,1-2H3. The fraction of sp³-hybridized carbons (Fsp3) is 0.714. The number of aryl methyl sites for hydroxylation is 1. The predicted octanol–water partition coefficient (Wildman–Crippen LogP) is 4.52. The third kappa shape index (κ3) is 2.47. The van der Waals surface area contributed by atoms with E-state index in [-0.39, 0.29) is 0 Å². The molecule has 94 valence electrons. The highest BCUT2D eigenvalue weighted by atomic mass is 79.9. The van der Waals surface area contributed by atoms with E-state index in [4.69, 9.17) is 0 Å². The molecule has 3 rings (SSSR count). The van der Waals surface area contributed by atoms with Gasteiger partial charge in [0.1, 0.15) is 0 Å². The molecule has 0 bridgehead atoms. The lowest BCUT2D eigenvalue weighted by Crippen LogP contribution is -2.28. The minimum atomic E-state index is 0.581. The number of thiophene rings is 1. The second-order valence-corrected chi connectivity index (χ2v) is 8.22. The van der Waals surface area contributed by atoms with Crippen molar-refractivity contribution in [3.8, 4) is 0 Å². The first kappa shape index (κ1) is 12.2. The van der Waals surface area contributed by atoms with E-state index in [1.54, 1.807) is 0 Å². The minimum Gasteiger partial charge on any atom is -0.313 e. The van der Waals surface area contributed by atoms with Gasteiger partial charge < -0.3 is 5.32 Å². The molecule has 1 aromatic rings. The van der Waals surface area contributed by atoms with Crippen molar-refractivity contribution >= 4 is 27.3 Å². The molecule has 0 spiro atoms. The van der Waals surface area contributed by atoms with Crippen molar-refractivity contribution in [1.82, 2.24) is 5.32 Å². The van der Waals surface area contributed by atoms with Gasteiger partial charge in [-0.1, -0.05) is 0 Å². The summed E-state index contributed by atoms with van der Waals surface area (Å²) in [6.07, 6.45) is 5.85. The van der Waals surface area contributed by atoms with Crippen LogP contribution in [0.2, 0.25) is 0 Å². The van der Waals surface area contributed by atoms with Crippen molar-refractivity contribution in [1.29, 1.82) is 0 Å². The molecular weight excluding hydrogens is 294 g/mol. The molecule has 17 heavy (non-hydrogen) atoms. The van der Waals surface area contributed by atoms with Crippen LogP contribution >= 0.6 is 27.3 Å². The predicted molar refractivity (Wildman–Crippen MR) is 77.5 cm³/mol. The number of nitrogens with one attached hydrogen (secondary N) is 1. The highest BCUT2D eigenvalue weighted by Gasteiger charge is 2.45. The van der Waals surface area contributed by atoms with Crippen molar-refractivity contribution < 1.29 is 0 Å². The molecule has 1 N–H and O–H groups in total. The first-order valence-corrected chi connectivity index (χ1v) is 8.24. The summed E-state index contributed by atoms with van der Waals surface area (Å²) in [5, 5.41) is 3.60. The van der Waals surface area contributed by atoms with Crippen molar-refractivity contribution in [2.24, 2.45) is 17.8 Å². The lowest BCUT2D eigenvalue weighted by atomic mass is 9.85. The van der Waals surface area contributed by atoms with Gasteiger partial charge in [0.15, 0.2) is 0 Å². The fourth-order valence-corrected chi connectivity index (χ4v) is 4.97. The van der Waals surface area contributed by atoms with Gasteiger partial charge in [-0.3, -0.25) is 0 Å². The number of rotatable bonds is 5. The molecule has 0 amide bonds. The second-order valence-electron chi connectivity index (χ2n) is 5.58. The summed E-state index contributed by atoms with van der Waals surface area (Å²) < 4.78 is 1.27. The summed E-state index contributed by atoms with van der Waals surface area (Å²) >= 11 is 5.50. The van der Waals surface area contributed by atoms with Gasteiger partial charge in [0, 0.05) is 10.9 Å². The molecule has 2 fully saturated rings. The van der Waals surface area contributed by atoms with Crippen LogP contribution in [-0.4, -0.2) is 7.05 Å². The van der Waals surface area contributed by atoms with Gasteiger partial charge in [0.25, 0.3) is 0 Å². The van der Waals surface area contributed by atoms with E-state index in [9.17, 15) is 0 Å². The van der Waals surface area contributed by atoms with E-state index in [1.807, 2.05) is 11.3 Å². The zero-order valence-corrected chi connectivity index (χ0v) is 12.9. The molecule has 1 aromatic heterocycles. The van der Waals surface area contributed by atoms with Crippen molar-refractivity contribution in [3.05, 3.63) is 20.3 Å². The Hall–Kier alpha value is 0.140. The third-order valence-electron chi connectivity index (χ3n) is 4.29. The normalized spacial score (nSPS) is 22.1. The van der Waals surface area contributed by atoms with E-state index in [0.29, 0.717) is 6.04 Å². The van der Waals surface area contributed by atoms with Crippen LogP contribution in [0.5, 0.6) is 0 Å². The van der Waals surface area contributed by atoms with Crippen LogP contribution in [-0.2, 0) is 0 Å². The molecule has 0 aromatic carbocycles. The maximum Gasteiger partial charge on any atom is 0.0704 e. The van der Waals surface area contributed by atoms with Crippen LogP contribution < -0.4 is 5.32 Å². The van der Waals surface area contributed by atoms with Gasteiger partial charge in [0.05, 0.1) is 3.79 Å². The van der Waals surface area contributed by atoms with Gasteiger partial charge in [-0.15, -0.1) is 11.3 Å². The Labute approximate surface area is 116 Å². The molecular formula is C14H20BrNS. The molecule has 0 aliphatic heterocycles. The fourth-order valence-electron chi connectivity index (χ4n) is 3.21. The van der Waals surface area contributed by atoms with Gasteiger partial charge in [-0.25, -0.2) is 0 Å². The monoisotopic (exact) mass is 313 g/mol. The lowest BCUT2D eigenvalue weighted by Gasteiger charge is -2.27. The van der Waals surface area contributed by atoms with E-state index >= 15 is 0 Å². The Balaban J connectivity index is 1.88. The first-order valence-electron chi connectivity index (χ1n) is 6.63. The Morgan fingerprint density at radius 3 is 2.24 bits per heavy atom. The zero-order valence-electron chi connectivity index (χ0n) is 10.5. The summed E-state index contributed by atoms with van der Waals surface area (Å²) in [4.78, 5) is 1.47. The summed E-state index contributed by atoms with van der Waals surface area (Å²) in [5.74, 6) is 2.89. The number of hydrogen-bond acceptors (Lipinski definition) is 2. The minimum absolute atomic E-state index is 0.581. The van der Waals surface area contributed by atoms with Crippen LogP contribution in [0.4, 0.5) is 0 Å². The van der Waals surface area contributed by atoms with Crippen molar-refractivity contribution in [2.75, 3.05) is 7.05 Å². The van der Waals surface area contributed by atoms with Gasteiger partial charge in [-0.05, 0) is 85.0 Å². The highest BCUT2D eigenvalue weighted by Crippen LogP contribution is 2.54. The molecule has 1 nitrogen and oxygen atoms in total. The summed E-state index contributed by atoms with van der Waals surface area (Å²) in [6, 6.07) is 2.91. The summed E-state index contributed by atoms with van der Waals surface area (Å²) in [7, 11) is 2.13. The Morgan fingerprint density at radius 2 is 1.88 bits per heavy atom. The lowest BCUT2D eigenvalue weighted by molar-refractivity contribution is 0.300. The van der Waals surface area contributed by atoms with E-state index in [0.717, 1.165) is 17.8 Å². The Morgan fingerprint density at radius 1 is 1.29 bits per heavy atom. The molecule has 1 heterocycles. The SMILES string of the molecule is CNC(c1cc(Br)sc1C)C(C1CC1)C1CC1. The van der Waals surface area contributed by atoms with E-state index in [2.05, 4.69) is 41.3 Å². The maximum absolute atomic E-state index is 3.63. The quantitative estimate of drug-likeness (QED) is 0.843. The molecule has 1 unspecified atom stereocenters. The molecule has 2 saturated carbocycles. The zero-order chi connectivity index (χ0) is 12.0. The van der Waals surface area contributed by atoms with E-state index < -0.39 is 0 Å². The maximum atomic E-state index is 3.63. The second kappa shape index (κ2) is 4.67. The molecule has 1 atom stereocenters. The number of hydrogen-bond donors (Lipinski definition) is 1. The largest absolute Gasteiger partial charge is 0.313 e. The van der Waals surface area contributed by atoms with Crippen molar-refractivity contribution in [2.45, 2.75) is 38.6 Å². The highest BCUT2D eigenvalue weighted by molar-refractivity contribution is 9.11. The molecule has 0 saturated heterocycles. The van der Waals surface area contributed by atoms with Gasteiger partial charge in [-0.2, -0.15) is 0 Å². The first-order chi connectivity index (χ1) is 8.20. The van der Waals surface area contributed by atoms with Crippen LogP contribution in [0.1, 0.15) is 42.2 Å². The smallest absolute Gasteiger partial charge is 0.0704 e. The van der Waals surface area contributed by atoms with Crippen LogP contribution in [0.3, 0.4) is 0 Å².